The van der Waals surface area contributed by atoms with Crippen molar-refractivity contribution in [2.75, 3.05) is 0 Å². The van der Waals surface area contributed by atoms with Crippen LogP contribution in [0.15, 0.2) is 170 Å². The second-order valence-corrected chi connectivity index (χ2v) is 13.8. The summed E-state index contributed by atoms with van der Waals surface area (Å²) in [7, 11) is 0. The highest BCUT2D eigenvalue weighted by molar-refractivity contribution is 6.31. The number of fused-ring (bicyclic) bond motifs is 8. The third-order valence-electron chi connectivity index (χ3n) is 11.0. The van der Waals surface area contributed by atoms with E-state index in [0.717, 1.165) is 44.0 Å². The maximum absolute atomic E-state index is 5.54. The molecular weight excluding hydrogens is 633 g/mol. The van der Waals surface area contributed by atoms with Crippen molar-refractivity contribution in [2.45, 2.75) is 0 Å². The maximum atomic E-state index is 5.54. The average Bonchev–Trinajstić information content (AvgIpc) is 3.70. The highest BCUT2D eigenvalue weighted by atomic mass is 15.2. The minimum atomic E-state index is 0.662. The van der Waals surface area contributed by atoms with Crippen molar-refractivity contribution in [1.82, 2.24) is 18.9 Å². The van der Waals surface area contributed by atoms with Crippen LogP contribution in [0.2, 0.25) is 0 Å². The van der Waals surface area contributed by atoms with Gasteiger partial charge in [0.2, 0.25) is 5.95 Å². The molecule has 52 heavy (non-hydrogen) atoms. The molecule has 0 radical (unpaired) electrons. The van der Waals surface area contributed by atoms with Crippen molar-refractivity contribution in [2.24, 2.45) is 0 Å². The van der Waals surface area contributed by atoms with Gasteiger partial charge in [0, 0.05) is 43.3 Å². The van der Waals surface area contributed by atoms with Gasteiger partial charge in [0.1, 0.15) is 0 Å². The molecule has 4 nitrogen and oxygen atoms in total. The molecule has 0 spiro atoms. The van der Waals surface area contributed by atoms with Crippen LogP contribution in [0.25, 0.3) is 110 Å². The van der Waals surface area contributed by atoms with Gasteiger partial charge in [0.15, 0.2) is 0 Å². The van der Waals surface area contributed by atoms with Gasteiger partial charge in [-0.1, -0.05) is 133 Å². The highest BCUT2D eigenvalue weighted by Crippen LogP contribution is 2.44. The molecule has 8 aromatic carbocycles. The number of benzene rings is 8. The first-order valence-electron chi connectivity index (χ1n) is 17.8. The average molecular weight is 661 g/mol. The van der Waals surface area contributed by atoms with Gasteiger partial charge in [-0.2, -0.15) is 0 Å². The van der Waals surface area contributed by atoms with Gasteiger partial charge in [-0.25, -0.2) is 9.97 Å². The van der Waals surface area contributed by atoms with Gasteiger partial charge in [-0.05, 0) is 58.3 Å². The first-order chi connectivity index (χ1) is 25.8. The van der Waals surface area contributed by atoms with E-state index in [4.69, 9.17) is 9.97 Å². The van der Waals surface area contributed by atoms with Crippen molar-refractivity contribution in [3.63, 3.8) is 0 Å². The Morgan fingerprint density at radius 1 is 0.365 bits per heavy atom. The molecule has 4 heterocycles. The molecular formula is C48H28N4. The van der Waals surface area contributed by atoms with Crippen molar-refractivity contribution >= 4 is 81.6 Å². The van der Waals surface area contributed by atoms with Crippen LogP contribution in [0.1, 0.15) is 0 Å². The van der Waals surface area contributed by atoms with Crippen LogP contribution in [0.5, 0.6) is 0 Å². The van der Waals surface area contributed by atoms with Crippen LogP contribution in [0.3, 0.4) is 0 Å². The molecule has 0 N–H and O–H groups in total. The minimum Gasteiger partial charge on any atom is -0.308 e. The van der Waals surface area contributed by atoms with Crippen molar-refractivity contribution in [3.05, 3.63) is 170 Å². The fourth-order valence-electron chi connectivity index (χ4n) is 8.83. The normalized spacial score (nSPS) is 12.2. The molecule has 0 aliphatic carbocycles. The van der Waals surface area contributed by atoms with Gasteiger partial charge in [-0.3, -0.25) is 4.57 Å². The predicted molar refractivity (Wildman–Crippen MR) is 217 cm³/mol. The summed E-state index contributed by atoms with van der Waals surface area (Å²) in [5.74, 6) is 0.662. The standard InChI is InChI=1S/C48H28N4/c1-3-12-29(13-4-1)32-25-24-30-26-27-37-45(31-14-5-2-6-15-31)49-48(50-46(37)38(30)28-32)52-40-21-10-17-34-36-19-9-18-35-33-16-7-8-20-39(33)51(47(35)36)41-22-11-23-42(52)44(41)43(34)40/h1-28H. The Labute approximate surface area is 297 Å². The summed E-state index contributed by atoms with van der Waals surface area (Å²) < 4.78 is 4.77. The Bertz CT molecular complexity index is 3390. The van der Waals surface area contributed by atoms with Crippen molar-refractivity contribution in [1.29, 1.82) is 0 Å². The molecule has 0 saturated heterocycles. The van der Waals surface area contributed by atoms with Crippen LogP contribution in [0.4, 0.5) is 0 Å². The molecule has 0 saturated carbocycles. The van der Waals surface area contributed by atoms with E-state index in [2.05, 4.69) is 179 Å². The zero-order chi connectivity index (χ0) is 33.9. The van der Waals surface area contributed by atoms with E-state index < -0.39 is 0 Å². The molecule has 0 fully saturated rings. The summed E-state index contributed by atoms with van der Waals surface area (Å²) in [6.45, 7) is 0. The fourth-order valence-corrected chi connectivity index (χ4v) is 8.83. The Balaban J connectivity index is 1.27. The van der Waals surface area contributed by atoms with E-state index in [9.17, 15) is 0 Å². The van der Waals surface area contributed by atoms with Crippen LogP contribution in [-0.4, -0.2) is 18.9 Å². The quantitative estimate of drug-likeness (QED) is 0.177. The number of hydrogen-bond acceptors (Lipinski definition) is 2. The summed E-state index contributed by atoms with van der Waals surface area (Å²) in [6, 6.07) is 61.1. The smallest absolute Gasteiger partial charge is 0.235 e. The molecule has 0 amide bonds. The SMILES string of the molecule is c1ccc(-c2ccc3ccc4c(-c5ccccc5)nc(-n5c6cccc7c8cccc9c%10ccccc%10n(c%10cccc5c%10c76)c89)nc4c3c2)cc1. The van der Waals surface area contributed by atoms with E-state index in [1.807, 2.05) is 0 Å². The summed E-state index contributed by atoms with van der Waals surface area (Å²) in [4.78, 5) is 11.0. The lowest BCUT2D eigenvalue weighted by Gasteiger charge is -2.14. The van der Waals surface area contributed by atoms with E-state index in [1.54, 1.807) is 0 Å². The van der Waals surface area contributed by atoms with Crippen LogP contribution >= 0.6 is 0 Å². The molecule has 12 aromatic rings. The number of rotatable bonds is 3. The summed E-state index contributed by atoms with van der Waals surface area (Å²) in [5, 5.41) is 10.7. The lowest BCUT2D eigenvalue weighted by molar-refractivity contribution is 1.02. The minimum absolute atomic E-state index is 0.662. The Hall–Kier alpha value is -7.04. The maximum Gasteiger partial charge on any atom is 0.235 e. The molecule has 240 valence electrons. The molecule has 4 aromatic heterocycles. The largest absolute Gasteiger partial charge is 0.308 e. The molecule has 0 bridgehead atoms. The lowest BCUT2D eigenvalue weighted by atomic mass is 9.98. The van der Waals surface area contributed by atoms with E-state index in [1.165, 1.54) is 60.0 Å². The summed E-state index contributed by atoms with van der Waals surface area (Å²) >= 11 is 0. The van der Waals surface area contributed by atoms with Gasteiger partial charge in [0.05, 0.1) is 38.8 Å². The molecule has 0 atom stereocenters. The van der Waals surface area contributed by atoms with Gasteiger partial charge in [-0.15, -0.1) is 0 Å². The van der Waals surface area contributed by atoms with Crippen LogP contribution in [0, 0.1) is 0 Å². The second kappa shape index (κ2) is 10.3. The number of nitrogens with zero attached hydrogens (tertiary/aromatic N) is 4. The third-order valence-corrected chi connectivity index (χ3v) is 11.0. The van der Waals surface area contributed by atoms with Crippen LogP contribution in [-0.2, 0) is 0 Å². The van der Waals surface area contributed by atoms with Crippen molar-refractivity contribution in [3.8, 4) is 28.3 Å². The zero-order valence-electron chi connectivity index (χ0n) is 28.0. The fraction of sp³-hybridized carbons (Fsp3) is 0. The second-order valence-electron chi connectivity index (χ2n) is 13.8. The van der Waals surface area contributed by atoms with E-state index >= 15 is 0 Å². The van der Waals surface area contributed by atoms with Gasteiger partial charge in [0.25, 0.3) is 0 Å². The first-order valence-corrected chi connectivity index (χ1v) is 17.8. The monoisotopic (exact) mass is 660 g/mol. The van der Waals surface area contributed by atoms with E-state index in [-0.39, 0.29) is 0 Å². The molecule has 12 rings (SSSR count). The molecule has 0 aliphatic rings. The molecule has 0 aliphatic heterocycles. The van der Waals surface area contributed by atoms with Gasteiger partial charge >= 0.3 is 0 Å². The lowest BCUT2D eigenvalue weighted by Crippen LogP contribution is -2.04. The molecule has 0 unspecified atom stereocenters. The number of para-hydroxylation sites is 2. The number of hydrogen-bond donors (Lipinski definition) is 0. The highest BCUT2D eigenvalue weighted by Gasteiger charge is 2.23. The number of aromatic nitrogens is 4. The predicted octanol–water partition coefficient (Wildman–Crippen LogP) is 12.4. The van der Waals surface area contributed by atoms with E-state index in [0.29, 0.717) is 5.95 Å². The summed E-state index contributed by atoms with van der Waals surface area (Å²) in [5.41, 5.74) is 11.1. The zero-order valence-corrected chi connectivity index (χ0v) is 28.0. The first kappa shape index (κ1) is 27.7. The third kappa shape index (κ3) is 3.65. The van der Waals surface area contributed by atoms with Gasteiger partial charge < -0.3 is 4.40 Å². The Kier molecular flexibility index (Phi) is 5.47. The Morgan fingerprint density at radius 2 is 0.981 bits per heavy atom. The topological polar surface area (TPSA) is 35.1 Å². The van der Waals surface area contributed by atoms with Crippen LogP contribution < -0.4 is 0 Å². The summed E-state index contributed by atoms with van der Waals surface area (Å²) in [6.07, 6.45) is 0. The van der Waals surface area contributed by atoms with Crippen molar-refractivity contribution < 1.29 is 0 Å². The Morgan fingerprint density at radius 3 is 1.83 bits per heavy atom. The molecule has 4 heteroatoms.